The lowest BCUT2D eigenvalue weighted by Crippen LogP contribution is -2.04. The van der Waals surface area contributed by atoms with E-state index in [4.69, 9.17) is 11.0 Å². The van der Waals surface area contributed by atoms with E-state index in [-0.39, 0.29) is 0 Å². The van der Waals surface area contributed by atoms with E-state index in [1.165, 1.54) is 4.88 Å². The minimum absolute atomic E-state index is 0.456. The second kappa shape index (κ2) is 4.40. The number of rotatable bonds is 3. The van der Waals surface area contributed by atoms with E-state index in [2.05, 4.69) is 19.9 Å². The van der Waals surface area contributed by atoms with Crippen molar-refractivity contribution in [3.05, 3.63) is 21.9 Å². The van der Waals surface area contributed by atoms with Gasteiger partial charge >= 0.3 is 0 Å². The molecule has 0 bridgehead atoms. The summed E-state index contributed by atoms with van der Waals surface area (Å²) in [6.45, 7) is 4.35. The first kappa shape index (κ1) is 10.2. The molecule has 0 saturated carbocycles. The number of hydrogen-bond acceptors (Lipinski definition) is 3. The van der Waals surface area contributed by atoms with Crippen molar-refractivity contribution < 1.29 is 0 Å². The monoisotopic (exact) mass is 194 g/mol. The van der Waals surface area contributed by atoms with Crippen LogP contribution >= 0.6 is 11.3 Å². The standard InChI is InChI=1S/C10H14N2S/c1-3-7(2)9-4-5-10(13-9)8(12)6-11/h4-5,7-8H,3,12H2,1-2H3. The van der Waals surface area contributed by atoms with Gasteiger partial charge in [-0.25, -0.2) is 0 Å². The third-order valence-electron chi connectivity index (χ3n) is 2.19. The second-order valence-corrected chi connectivity index (χ2v) is 4.30. The van der Waals surface area contributed by atoms with E-state index < -0.39 is 6.04 Å². The molecule has 13 heavy (non-hydrogen) atoms. The first-order valence-corrected chi connectivity index (χ1v) is 5.25. The van der Waals surface area contributed by atoms with Crippen LogP contribution in [0.5, 0.6) is 0 Å². The molecule has 0 radical (unpaired) electrons. The van der Waals surface area contributed by atoms with Gasteiger partial charge in [-0.15, -0.1) is 11.3 Å². The number of nitriles is 1. The highest BCUT2D eigenvalue weighted by molar-refractivity contribution is 7.12. The van der Waals surface area contributed by atoms with Crippen molar-refractivity contribution >= 4 is 11.3 Å². The van der Waals surface area contributed by atoms with Crippen LogP contribution in [0.15, 0.2) is 12.1 Å². The number of nitrogens with two attached hydrogens (primary N) is 1. The van der Waals surface area contributed by atoms with E-state index in [1.54, 1.807) is 11.3 Å². The molecule has 0 aliphatic heterocycles. The molecule has 2 nitrogen and oxygen atoms in total. The van der Waals surface area contributed by atoms with Gasteiger partial charge in [-0.2, -0.15) is 5.26 Å². The molecule has 1 heterocycles. The third-order valence-corrected chi connectivity index (χ3v) is 3.59. The molecule has 70 valence electrons. The highest BCUT2D eigenvalue weighted by atomic mass is 32.1. The second-order valence-electron chi connectivity index (χ2n) is 3.16. The van der Waals surface area contributed by atoms with Gasteiger partial charge in [0.2, 0.25) is 0 Å². The molecule has 2 unspecified atom stereocenters. The molecule has 0 aromatic carbocycles. The average Bonchev–Trinajstić information content (AvgIpc) is 2.64. The summed E-state index contributed by atoms with van der Waals surface area (Å²) in [6.07, 6.45) is 1.13. The Labute approximate surface area is 83.0 Å². The predicted molar refractivity (Wildman–Crippen MR) is 55.6 cm³/mol. The molecule has 0 amide bonds. The maximum absolute atomic E-state index is 8.62. The Bertz CT molecular complexity index is 311. The Balaban J connectivity index is 2.81. The Morgan fingerprint density at radius 1 is 1.54 bits per heavy atom. The molecule has 1 rings (SSSR count). The average molecular weight is 194 g/mol. The lowest BCUT2D eigenvalue weighted by molar-refractivity contribution is 0.748. The summed E-state index contributed by atoms with van der Waals surface area (Å²) in [5, 5.41) is 8.62. The van der Waals surface area contributed by atoms with Gasteiger partial charge in [-0.1, -0.05) is 13.8 Å². The van der Waals surface area contributed by atoms with Crippen LogP contribution in [0.2, 0.25) is 0 Å². The Hall–Kier alpha value is -0.850. The maximum atomic E-state index is 8.62. The Morgan fingerprint density at radius 3 is 2.69 bits per heavy atom. The summed E-state index contributed by atoms with van der Waals surface area (Å²) in [5.41, 5.74) is 5.60. The fraction of sp³-hybridized carbons (Fsp3) is 0.500. The van der Waals surface area contributed by atoms with Crippen LogP contribution in [-0.2, 0) is 0 Å². The number of thiophene rings is 1. The largest absolute Gasteiger partial charge is 0.312 e. The van der Waals surface area contributed by atoms with Crippen LogP contribution in [0.1, 0.15) is 42.0 Å². The summed E-state index contributed by atoms with van der Waals surface area (Å²) in [4.78, 5) is 2.29. The highest BCUT2D eigenvalue weighted by Gasteiger charge is 2.10. The van der Waals surface area contributed by atoms with Gasteiger partial charge in [-0.3, -0.25) is 0 Å². The summed E-state index contributed by atoms with van der Waals surface area (Å²) in [7, 11) is 0. The Morgan fingerprint density at radius 2 is 2.15 bits per heavy atom. The summed E-state index contributed by atoms with van der Waals surface area (Å²) >= 11 is 1.65. The van der Waals surface area contributed by atoms with Gasteiger partial charge in [0.1, 0.15) is 6.04 Å². The van der Waals surface area contributed by atoms with Crippen molar-refractivity contribution in [3.8, 4) is 6.07 Å². The maximum Gasteiger partial charge on any atom is 0.128 e. The van der Waals surface area contributed by atoms with Crippen molar-refractivity contribution in [2.75, 3.05) is 0 Å². The van der Waals surface area contributed by atoms with Crippen LogP contribution in [-0.4, -0.2) is 0 Å². The van der Waals surface area contributed by atoms with Gasteiger partial charge < -0.3 is 5.73 Å². The normalized spacial score (nSPS) is 14.9. The zero-order valence-electron chi connectivity index (χ0n) is 7.95. The van der Waals surface area contributed by atoms with E-state index in [0.29, 0.717) is 5.92 Å². The van der Waals surface area contributed by atoms with Crippen molar-refractivity contribution in [1.29, 1.82) is 5.26 Å². The van der Waals surface area contributed by atoms with Gasteiger partial charge in [0, 0.05) is 9.75 Å². The lowest BCUT2D eigenvalue weighted by atomic mass is 10.1. The molecule has 2 N–H and O–H groups in total. The van der Waals surface area contributed by atoms with E-state index in [9.17, 15) is 0 Å². The molecule has 0 spiro atoms. The molecule has 1 aromatic rings. The number of hydrogen-bond donors (Lipinski definition) is 1. The summed E-state index contributed by atoms with van der Waals surface area (Å²) < 4.78 is 0. The molecule has 2 atom stereocenters. The molecule has 0 aliphatic rings. The van der Waals surface area contributed by atoms with Crippen LogP contribution < -0.4 is 5.73 Å². The van der Waals surface area contributed by atoms with Crippen molar-refractivity contribution in [3.63, 3.8) is 0 Å². The summed E-state index contributed by atoms with van der Waals surface area (Å²) in [5.74, 6) is 0.574. The van der Waals surface area contributed by atoms with E-state index >= 15 is 0 Å². The molecule has 1 aromatic heterocycles. The topological polar surface area (TPSA) is 49.8 Å². The van der Waals surface area contributed by atoms with Gasteiger partial charge in [0.05, 0.1) is 6.07 Å². The van der Waals surface area contributed by atoms with Crippen molar-refractivity contribution in [1.82, 2.24) is 0 Å². The van der Waals surface area contributed by atoms with Crippen LogP contribution in [0, 0.1) is 11.3 Å². The van der Waals surface area contributed by atoms with E-state index in [1.807, 2.05) is 12.1 Å². The van der Waals surface area contributed by atoms with E-state index in [0.717, 1.165) is 11.3 Å². The zero-order chi connectivity index (χ0) is 9.84. The Kier molecular flexibility index (Phi) is 3.47. The first-order chi connectivity index (χ1) is 6.19. The van der Waals surface area contributed by atoms with Crippen LogP contribution in [0.25, 0.3) is 0 Å². The third kappa shape index (κ3) is 2.30. The minimum atomic E-state index is -0.456. The fourth-order valence-corrected chi connectivity index (χ4v) is 2.16. The fourth-order valence-electron chi connectivity index (χ4n) is 1.07. The molecular formula is C10H14N2S. The quantitative estimate of drug-likeness (QED) is 0.804. The molecule has 0 fully saturated rings. The molecule has 0 saturated heterocycles. The zero-order valence-corrected chi connectivity index (χ0v) is 8.77. The molecule has 0 aliphatic carbocycles. The molecule has 3 heteroatoms. The highest BCUT2D eigenvalue weighted by Crippen LogP contribution is 2.29. The van der Waals surface area contributed by atoms with Gasteiger partial charge in [-0.05, 0) is 24.5 Å². The van der Waals surface area contributed by atoms with Crippen LogP contribution in [0.3, 0.4) is 0 Å². The van der Waals surface area contributed by atoms with Gasteiger partial charge in [0.25, 0.3) is 0 Å². The van der Waals surface area contributed by atoms with Crippen molar-refractivity contribution in [2.45, 2.75) is 32.2 Å². The van der Waals surface area contributed by atoms with Crippen molar-refractivity contribution in [2.24, 2.45) is 5.73 Å². The predicted octanol–water partition coefficient (Wildman–Crippen LogP) is 2.78. The summed E-state index contributed by atoms with van der Waals surface area (Å²) in [6, 6.07) is 5.62. The first-order valence-electron chi connectivity index (χ1n) is 4.43. The lowest BCUT2D eigenvalue weighted by Gasteiger charge is -2.03. The smallest absolute Gasteiger partial charge is 0.128 e. The minimum Gasteiger partial charge on any atom is -0.312 e. The van der Waals surface area contributed by atoms with Crippen LogP contribution in [0.4, 0.5) is 0 Å². The molecular weight excluding hydrogens is 180 g/mol. The van der Waals surface area contributed by atoms with Gasteiger partial charge in [0.15, 0.2) is 0 Å². The SMILES string of the molecule is CCC(C)c1ccc(C(N)C#N)s1. The number of nitrogens with zero attached hydrogens (tertiary/aromatic N) is 1.